The van der Waals surface area contributed by atoms with Crippen LogP contribution in [0.1, 0.15) is 87.7 Å². The molecule has 192 valence electrons. The van der Waals surface area contributed by atoms with Crippen molar-refractivity contribution in [2.45, 2.75) is 75.2 Å². The third kappa shape index (κ3) is 8.74. The molecular weight excluding hydrogens is 459 g/mol. The summed E-state index contributed by atoms with van der Waals surface area (Å²) in [6.45, 7) is 20.2. The first kappa shape index (κ1) is 32.2. The Bertz CT molecular complexity index is 1010. The van der Waals surface area contributed by atoms with Crippen LogP contribution in [-0.4, -0.2) is 28.3 Å². The van der Waals surface area contributed by atoms with Gasteiger partial charge in [0.2, 0.25) is 18.2 Å². The largest absolute Gasteiger partial charge is 0.481 e. The molecule has 0 aliphatic rings. The molecule has 35 heavy (non-hydrogen) atoms. The maximum absolute atomic E-state index is 13.9. The number of rotatable bonds is 7. The van der Waals surface area contributed by atoms with Crippen LogP contribution < -0.4 is 0 Å². The van der Waals surface area contributed by atoms with E-state index in [-0.39, 0.29) is 11.1 Å². The number of aryl methyl sites for hydroxylation is 6. The lowest BCUT2D eigenvalue weighted by Gasteiger charge is -2.20. The molecule has 0 atom stereocenters. The van der Waals surface area contributed by atoms with Crippen molar-refractivity contribution >= 4 is 24.2 Å². The second kappa shape index (κ2) is 14.6. The number of carbonyl (C=O) groups excluding carboxylic acids is 2. The smallest absolute Gasteiger partial charge is 0.303 e. The Hall–Kier alpha value is -2.78. The van der Waals surface area contributed by atoms with Crippen molar-refractivity contribution in [1.29, 1.82) is 0 Å². The van der Waals surface area contributed by atoms with Crippen LogP contribution in [0.25, 0.3) is 0 Å². The summed E-state index contributed by atoms with van der Waals surface area (Å²) in [5, 5.41) is 9.13. The summed E-state index contributed by atoms with van der Waals surface area (Å²) in [4.78, 5) is 38.1. The van der Waals surface area contributed by atoms with E-state index in [1.54, 1.807) is 58.0 Å². The molecule has 5 nitrogen and oxygen atoms in total. The second-order valence-corrected chi connectivity index (χ2v) is 11.6. The average molecular weight is 501 g/mol. The Labute approximate surface area is 211 Å². The van der Waals surface area contributed by atoms with E-state index < -0.39 is 36.7 Å². The summed E-state index contributed by atoms with van der Waals surface area (Å²) in [7, 11) is -4.20. The van der Waals surface area contributed by atoms with Crippen molar-refractivity contribution < 1.29 is 24.1 Å². The summed E-state index contributed by atoms with van der Waals surface area (Å²) in [6.07, 6.45) is 2.00. The minimum atomic E-state index is -4.20. The Balaban J connectivity index is 0.00000174. The number of allylic oxidation sites excluding steroid dienone is 1. The Morgan fingerprint density at radius 1 is 0.800 bits per heavy atom. The van der Waals surface area contributed by atoms with Gasteiger partial charge >= 0.3 is 5.97 Å². The summed E-state index contributed by atoms with van der Waals surface area (Å²) < 4.78 is 13.9. The van der Waals surface area contributed by atoms with Gasteiger partial charge in [-0.15, -0.1) is 6.58 Å². The summed E-state index contributed by atoms with van der Waals surface area (Å²) >= 11 is 0. The molecule has 1 N–H and O–H groups in total. The maximum atomic E-state index is 13.9. The highest BCUT2D eigenvalue weighted by Crippen LogP contribution is 2.54. The van der Waals surface area contributed by atoms with Crippen molar-refractivity contribution in [2.24, 2.45) is 0 Å². The zero-order valence-electron chi connectivity index (χ0n) is 22.7. The lowest BCUT2D eigenvalue weighted by molar-refractivity contribution is -0.136. The third-order valence-electron chi connectivity index (χ3n) is 5.08. The Morgan fingerprint density at radius 3 is 1.29 bits per heavy atom. The lowest BCUT2D eigenvalue weighted by atomic mass is 10.0. The van der Waals surface area contributed by atoms with Crippen LogP contribution in [0.3, 0.4) is 0 Å². The highest BCUT2D eigenvalue weighted by Gasteiger charge is 2.43. The number of benzene rings is 2. The van der Waals surface area contributed by atoms with Gasteiger partial charge in [0.25, 0.3) is 0 Å². The molecule has 2 rings (SSSR count). The van der Waals surface area contributed by atoms with E-state index in [0.717, 1.165) is 11.1 Å². The zero-order chi connectivity index (χ0) is 27.5. The third-order valence-corrected chi connectivity index (χ3v) is 7.69. The number of carbonyl (C=O) groups is 3. The van der Waals surface area contributed by atoms with E-state index in [4.69, 9.17) is 5.11 Å². The van der Waals surface area contributed by atoms with E-state index in [9.17, 15) is 18.9 Å². The molecule has 0 amide bonds. The van der Waals surface area contributed by atoms with E-state index in [1.807, 2.05) is 20.8 Å². The monoisotopic (exact) mass is 500 g/mol. The summed E-state index contributed by atoms with van der Waals surface area (Å²) in [5.41, 5.74) is 3.43. The van der Waals surface area contributed by atoms with Crippen LogP contribution in [0, 0.1) is 41.5 Å². The predicted octanol–water partition coefficient (Wildman–Crippen LogP) is 7.96. The molecule has 0 spiro atoms. The Kier molecular flexibility index (Phi) is 13.4. The van der Waals surface area contributed by atoms with Gasteiger partial charge in [-0.2, -0.15) is 0 Å². The molecule has 0 unspecified atom stereocenters. The molecule has 0 heterocycles. The van der Waals surface area contributed by atoms with Gasteiger partial charge in [-0.1, -0.05) is 61.7 Å². The van der Waals surface area contributed by atoms with E-state index in [1.165, 1.54) is 6.42 Å². The number of carboxylic acid groups (broad SMARTS) is 1. The van der Waals surface area contributed by atoms with E-state index in [2.05, 4.69) is 20.4 Å². The highest BCUT2D eigenvalue weighted by atomic mass is 31.2. The van der Waals surface area contributed by atoms with Crippen molar-refractivity contribution in [2.75, 3.05) is 6.16 Å². The lowest BCUT2D eigenvalue weighted by Crippen LogP contribution is -2.18. The van der Waals surface area contributed by atoms with E-state index in [0.29, 0.717) is 22.3 Å². The van der Waals surface area contributed by atoms with Crippen molar-refractivity contribution in [3.63, 3.8) is 0 Å². The van der Waals surface area contributed by atoms with Gasteiger partial charge in [0.05, 0.1) is 6.42 Å². The van der Waals surface area contributed by atoms with Crippen molar-refractivity contribution in [3.8, 4) is 0 Å². The molecule has 0 saturated carbocycles. The van der Waals surface area contributed by atoms with Crippen LogP contribution in [0.2, 0.25) is 0 Å². The van der Waals surface area contributed by atoms with Gasteiger partial charge in [0.1, 0.15) is 0 Å². The minimum absolute atomic E-state index is 0.250. The molecule has 0 bridgehead atoms. The average Bonchev–Trinajstić information content (AvgIpc) is 2.71. The molecular formula is C29H41O5P. The summed E-state index contributed by atoms with van der Waals surface area (Å²) in [6, 6.07) is 7.20. The molecule has 2 aromatic rings. The van der Waals surface area contributed by atoms with Gasteiger partial charge in [-0.05, 0) is 70.7 Å². The second-order valence-electron chi connectivity index (χ2n) is 8.88. The first-order chi connectivity index (χ1) is 16.2. The zero-order valence-corrected chi connectivity index (χ0v) is 23.6. The molecule has 0 radical (unpaired) electrons. The number of hydrogen-bond acceptors (Lipinski definition) is 4. The quantitative estimate of drug-likeness (QED) is 0.308. The first-order valence-electron chi connectivity index (χ1n) is 11.8. The fourth-order valence-electron chi connectivity index (χ4n) is 3.94. The van der Waals surface area contributed by atoms with Gasteiger partial charge < -0.3 is 9.67 Å². The molecule has 6 heteroatoms. The SMILES string of the molecule is C=CC.CCC.Cc1cc(C)c(C(=O)P(=O)(CCC(=O)O)C(=O)c2c(C)cc(C)cc2C)c(C)c1. The number of hydrogen-bond donors (Lipinski definition) is 1. The topological polar surface area (TPSA) is 88.5 Å². The van der Waals surface area contributed by atoms with Crippen LogP contribution in [0.5, 0.6) is 0 Å². The first-order valence-corrected chi connectivity index (χ1v) is 13.7. The molecule has 0 aromatic heterocycles. The molecule has 0 saturated heterocycles. The van der Waals surface area contributed by atoms with Gasteiger partial charge in [0, 0.05) is 17.3 Å². The summed E-state index contributed by atoms with van der Waals surface area (Å²) in [5.74, 6) is -1.19. The van der Waals surface area contributed by atoms with Crippen molar-refractivity contribution in [3.05, 3.63) is 81.4 Å². The molecule has 0 aliphatic heterocycles. The predicted molar refractivity (Wildman–Crippen MR) is 147 cm³/mol. The number of carboxylic acids is 1. The Morgan fingerprint density at radius 2 is 1.06 bits per heavy atom. The maximum Gasteiger partial charge on any atom is 0.303 e. The van der Waals surface area contributed by atoms with Crippen LogP contribution in [0.4, 0.5) is 0 Å². The minimum Gasteiger partial charge on any atom is -0.481 e. The molecule has 2 aromatic carbocycles. The fourth-order valence-corrected chi connectivity index (χ4v) is 6.47. The standard InChI is InChI=1S/C23H27O5P.C3H8.C3H6/c1-13-9-15(3)20(16(4)10-13)22(26)29(28,8-7-19(24)25)23(27)21-17(5)11-14(2)12-18(21)6;2*1-3-2/h9-12H,7-8H2,1-6H3,(H,24,25);3H2,1-2H3;3H,1H2,2H3. The van der Waals surface area contributed by atoms with Crippen LogP contribution in [-0.2, 0) is 9.36 Å². The van der Waals surface area contributed by atoms with Gasteiger partial charge in [-0.25, -0.2) is 0 Å². The van der Waals surface area contributed by atoms with Gasteiger partial charge in [0.15, 0.2) is 0 Å². The van der Waals surface area contributed by atoms with Gasteiger partial charge in [-0.3, -0.25) is 14.4 Å². The fraction of sp³-hybridized carbons (Fsp3) is 0.414. The number of aliphatic carboxylic acids is 1. The van der Waals surface area contributed by atoms with E-state index >= 15 is 0 Å². The van der Waals surface area contributed by atoms with Crippen LogP contribution >= 0.6 is 7.14 Å². The molecule has 0 fully saturated rings. The van der Waals surface area contributed by atoms with Crippen LogP contribution in [0.15, 0.2) is 36.9 Å². The highest BCUT2D eigenvalue weighted by molar-refractivity contribution is 7.95. The normalized spacial score (nSPS) is 10.3. The molecule has 0 aliphatic carbocycles. The van der Waals surface area contributed by atoms with Crippen molar-refractivity contribution in [1.82, 2.24) is 0 Å².